The molecular weight excluding hydrogens is 328 g/mol. The first-order valence-electron chi connectivity index (χ1n) is 7.72. The fourth-order valence-electron chi connectivity index (χ4n) is 1.96. The quantitative estimate of drug-likeness (QED) is 0.742. The average molecular weight is 348 g/mol. The minimum atomic E-state index is -0.334. The Morgan fingerprint density at radius 3 is 2.88 bits per heavy atom. The minimum Gasteiger partial charge on any atom is -0.484 e. The molecule has 24 heavy (non-hydrogen) atoms. The molecule has 1 aromatic carbocycles. The van der Waals surface area contributed by atoms with Gasteiger partial charge < -0.3 is 9.47 Å². The fraction of sp³-hybridized carbons (Fsp3) is 0.353. The Morgan fingerprint density at radius 1 is 1.29 bits per heavy atom. The van der Waals surface area contributed by atoms with Crippen LogP contribution in [0, 0.1) is 0 Å². The molecule has 1 N–H and O–H groups in total. The number of ether oxygens (including phenoxy) is 2. The first-order valence-corrected chi connectivity index (χ1v) is 8.60. The van der Waals surface area contributed by atoms with E-state index < -0.39 is 0 Å². The first-order chi connectivity index (χ1) is 11.6. The van der Waals surface area contributed by atoms with E-state index in [0.717, 1.165) is 12.0 Å². The van der Waals surface area contributed by atoms with E-state index in [1.54, 1.807) is 12.3 Å². The summed E-state index contributed by atoms with van der Waals surface area (Å²) in [6, 6.07) is 7.63. The molecule has 0 spiro atoms. The second kappa shape index (κ2) is 9.02. The number of hydrogen-bond acceptors (Lipinski definition) is 6. The van der Waals surface area contributed by atoms with Gasteiger partial charge in [-0.05, 0) is 31.0 Å². The van der Waals surface area contributed by atoms with E-state index in [9.17, 15) is 9.59 Å². The number of benzene rings is 1. The zero-order valence-electron chi connectivity index (χ0n) is 13.7. The molecule has 2 aromatic rings. The van der Waals surface area contributed by atoms with Gasteiger partial charge in [-0.25, -0.2) is 4.98 Å². The maximum atomic E-state index is 11.9. The number of nitrogens with one attached hydrogen (secondary N) is 1. The molecule has 0 aliphatic rings. The lowest BCUT2D eigenvalue weighted by molar-refractivity contribution is -0.142. The van der Waals surface area contributed by atoms with Crippen LogP contribution in [0.2, 0.25) is 0 Å². The van der Waals surface area contributed by atoms with Crippen molar-refractivity contribution in [3.63, 3.8) is 0 Å². The van der Waals surface area contributed by atoms with Gasteiger partial charge in [0.2, 0.25) is 0 Å². The number of thiazole rings is 1. The molecule has 6 nitrogen and oxygen atoms in total. The molecule has 0 saturated heterocycles. The van der Waals surface area contributed by atoms with E-state index in [2.05, 4.69) is 17.2 Å². The summed E-state index contributed by atoms with van der Waals surface area (Å²) in [4.78, 5) is 27.5. The molecular formula is C17H20N2O4S. The van der Waals surface area contributed by atoms with Crippen LogP contribution in [-0.2, 0) is 27.2 Å². The highest BCUT2D eigenvalue weighted by molar-refractivity contribution is 7.13. The summed E-state index contributed by atoms with van der Waals surface area (Å²) in [6.45, 7) is 4.05. The molecule has 0 radical (unpaired) electrons. The van der Waals surface area contributed by atoms with Crippen LogP contribution in [0.5, 0.6) is 5.75 Å². The van der Waals surface area contributed by atoms with E-state index >= 15 is 0 Å². The third-order valence-electron chi connectivity index (χ3n) is 3.11. The standard InChI is InChI=1S/C17H20N2O4S/c1-3-12-6-5-7-14(8-12)23-10-15(20)19-17-18-13(11-24-17)9-16(21)22-4-2/h5-8,11H,3-4,9-10H2,1-2H3,(H,18,19,20). The van der Waals surface area contributed by atoms with E-state index in [0.29, 0.717) is 23.2 Å². The lowest BCUT2D eigenvalue weighted by Gasteiger charge is -2.07. The highest BCUT2D eigenvalue weighted by atomic mass is 32.1. The number of aromatic nitrogens is 1. The molecule has 0 aliphatic heterocycles. The minimum absolute atomic E-state index is 0.0973. The van der Waals surface area contributed by atoms with E-state index in [4.69, 9.17) is 9.47 Å². The van der Waals surface area contributed by atoms with Gasteiger partial charge in [-0.15, -0.1) is 11.3 Å². The average Bonchev–Trinajstić information content (AvgIpc) is 3.00. The zero-order valence-corrected chi connectivity index (χ0v) is 14.5. The number of amides is 1. The van der Waals surface area contributed by atoms with Crippen molar-refractivity contribution in [1.29, 1.82) is 0 Å². The van der Waals surface area contributed by atoms with Crippen molar-refractivity contribution in [2.24, 2.45) is 0 Å². The zero-order chi connectivity index (χ0) is 17.4. The normalized spacial score (nSPS) is 10.2. The van der Waals surface area contributed by atoms with Gasteiger partial charge in [0.15, 0.2) is 11.7 Å². The summed E-state index contributed by atoms with van der Waals surface area (Å²) < 4.78 is 10.3. The Morgan fingerprint density at radius 2 is 2.12 bits per heavy atom. The second-order valence-corrected chi connectivity index (χ2v) is 5.82. The van der Waals surface area contributed by atoms with Crippen LogP contribution < -0.4 is 10.1 Å². The molecule has 1 aromatic heterocycles. The Labute approximate surface area is 144 Å². The topological polar surface area (TPSA) is 77.5 Å². The largest absolute Gasteiger partial charge is 0.484 e. The molecule has 0 aliphatic carbocycles. The maximum Gasteiger partial charge on any atom is 0.311 e. The molecule has 1 heterocycles. The smallest absolute Gasteiger partial charge is 0.311 e. The highest BCUT2D eigenvalue weighted by Crippen LogP contribution is 2.17. The molecule has 1 amide bonds. The summed E-state index contributed by atoms with van der Waals surface area (Å²) in [5.74, 6) is 0.0281. The number of esters is 1. The van der Waals surface area contributed by atoms with Crippen LogP contribution in [-0.4, -0.2) is 30.1 Å². The third-order valence-corrected chi connectivity index (χ3v) is 3.91. The number of rotatable bonds is 8. The van der Waals surface area contributed by atoms with Crippen molar-refractivity contribution in [3.8, 4) is 5.75 Å². The lowest BCUT2D eigenvalue weighted by Crippen LogP contribution is -2.20. The van der Waals surface area contributed by atoms with Crippen LogP contribution in [0.15, 0.2) is 29.6 Å². The van der Waals surface area contributed by atoms with Gasteiger partial charge >= 0.3 is 5.97 Å². The second-order valence-electron chi connectivity index (χ2n) is 4.96. The Bertz CT molecular complexity index is 699. The number of hydrogen-bond donors (Lipinski definition) is 1. The highest BCUT2D eigenvalue weighted by Gasteiger charge is 2.11. The van der Waals surface area contributed by atoms with Crippen molar-refractivity contribution in [2.75, 3.05) is 18.5 Å². The van der Waals surface area contributed by atoms with Crippen molar-refractivity contribution in [3.05, 3.63) is 40.9 Å². The van der Waals surface area contributed by atoms with Crippen LogP contribution >= 0.6 is 11.3 Å². The molecule has 128 valence electrons. The molecule has 0 fully saturated rings. The van der Waals surface area contributed by atoms with Gasteiger partial charge in [0.1, 0.15) is 5.75 Å². The molecule has 7 heteroatoms. The molecule has 0 unspecified atom stereocenters. The number of carbonyl (C=O) groups is 2. The van der Waals surface area contributed by atoms with Gasteiger partial charge in [0.05, 0.1) is 18.7 Å². The maximum absolute atomic E-state index is 11.9. The SMILES string of the molecule is CCOC(=O)Cc1csc(NC(=O)COc2cccc(CC)c2)n1. The number of nitrogens with zero attached hydrogens (tertiary/aromatic N) is 1. The Hall–Kier alpha value is -2.41. The van der Waals surface area contributed by atoms with Gasteiger partial charge in [0.25, 0.3) is 5.91 Å². The van der Waals surface area contributed by atoms with Crippen molar-refractivity contribution >= 4 is 28.3 Å². The van der Waals surface area contributed by atoms with E-state index in [-0.39, 0.29) is 24.9 Å². The monoisotopic (exact) mass is 348 g/mol. The molecule has 2 rings (SSSR count). The van der Waals surface area contributed by atoms with Crippen molar-refractivity contribution < 1.29 is 19.1 Å². The number of carbonyl (C=O) groups excluding carboxylic acids is 2. The summed E-state index contributed by atoms with van der Waals surface area (Å²) in [5, 5.41) is 4.81. The molecule has 0 atom stereocenters. The van der Waals surface area contributed by atoms with E-state index in [1.807, 2.05) is 24.3 Å². The third kappa shape index (κ3) is 5.66. The van der Waals surface area contributed by atoms with Crippen LogP contribution in [0.3, 0.4) is 0 Å². The van der Waals surface area contributed by atoms with Gasteiger partial charge in [-0.3, -0.25) is 14.9 Å². The first kappa shape index (κ1) is 17.9. The Kier molecular flexibility index (Phi) is 6.74. The fourth-order valence-corrected chi connectivity index (χ4v) is 2.69. The predicted octanol–water partition coefficient (Wildman–Crippen LogP) is 2.83. The van der Waals surface area contributed by atoms with Crippen LogP contribution in [0.1, 0.15) is 25.1 Å². The van der Waals surface area contributed by atoms with E-state index in [1.165, 1.54) is 11.3 Å². The van der Waals surface area contributed by atoms with Gasteiger partial charge in [-0.1, -0.05) is 19.1 Å². The molecule has 0 saturated carbocycles. The van der Waals surface area contributed by atoms with Gasteiger partial charge in [0, 0.05) is 5.38 Å². The predicted molar refractivity (Wildman–Crippen MR) is 92.4 cm³/mol. The number of anilines is 1. The Balaban J connectivity index is 1.82. The number of aryl methyl sites for hydroxylation is 1. The summed E-state index contributed by atoms with van der Waals surface area (Å²) in [5.41, 5.74) is 1.72. The van der Waals surface area contributed by atoms with Crippen molar-refractivity contribution in [1.82, 2.24) is 4.98 Å². The van der Waals surface area contributed by atoms with Gasteiger partial charge in [-0.2, -0.15) is 0 Å². The van der Waals surface area contributed by atoms with Crippen LogP contribution in [0.4, 0.5) is 5.13 Å². The molecule has 0 bridgehead atoms. The van der Waals surface area contributed by atoms with Crippen molar-refractivity contribution in [2.45, 2.75) is 26.7 Å². The van der Waals surface area contributed by atoms with Crippen LogP contribution in [0.25, 0.3) is 0 Å². The lowest BCUT2D eigenvalue weighted by atomic mass is 10.2. The summed E-state index contributed by atoms with van der Waals surface area (Å²) >= 11 is 1.26. The summed E-state index contributed by atoms with van der Waals surface area (Å²) in [7, 11) is 0. The summed E-state index contributed by atoms with van der Waals surface area (Å²) in [6.07, 6.45) is 1.01.